The highest BCUT2D eigenvalue weighted by atomic mass is 79.9. The minimum atomic E-state index is -0.312. The Labute approximate surface area is 120 Å². The predicted molar refractivity (Wildman–Crippen MR) is 76.4 cm³/mol. The number of aliphatic hydroxyl groups excluding tert-OH is 1. The molecule has 0 saturated heterocycles. The van der Waals surface area contributed by atoms with Crippen molar-refractivity contribution in [3.05, 3.63) is 33.8 Å². The molecule has 1 saturated carbocycles. The van der Waals surface area contributed by atoms with Crippen LogP contribution in [0.3, 0.4) is 0 Å². The quantitative estimate of drug-likeness (QED) is 0.784. The third-order valence-corrected chi connectivity index (χ3v) is 5.46. The van der Waals surface area contributed by atoms with Crippen LogP contribution in [0.5, 0.6) is 0 Å². The minimum Gasteiger partial charge on any atom is -0.392 e. The smallest absolute Gasteiger partial charge is 0.0644 e. The van der Waals surface area contributed by atoms with E-state index in [2.05, 4.69) is 15.9 Å². The number of halogens is 3. The van der Waals surface area contributed by atoms with Gasteiger partial charge in [-0.2, -0.15) is 0 Å². The van der Waals surface area contributed by atoms with Gasteiger partial charge in [0.25, 0.3) is 0 Å². The molecule has 0 radical (unpaired) electrons. The zero-order valence-corrected chi connectivity index (χ0v) is 12.5. The van der Waals surface area contributed by atoms with Crippen molar-refractivity contribution in [1.29, 1.82) is 0 Å². The van der Waals surface area contributed by atoms with Gasteiger partial charge in [0.2, 0.25) is 0 Å². The number of benzene rings is 1. The molecule has 1 aromatic carbocycles. The second kappa shape index (κ2) is 5.48. The first-order valence-corrected chi connectivity index (χ1v) is 7.67. The summed E-state index contributed by atoms with van der Waals surface area (Å²) in [7, 11) is 0. The molecule has 0 aromatic heterocycles. The van der Waals surface area contributed by atoms with Crippen LogP contribution in [-0.2, 0) is 5.41 Å². The van der Waals surface area contributed by atoms with Crippen molar-refractivity contribution in [2.24, 2.45) is 0 Å². The van der Waals surface area contributed by atoms with Crippen LogP contribution in [0.25, 0.3) is 0 Å². The van der Waals surface area contributed by atoms with Crippen LogP contribution in [-0.4, -0.2) is 16.5 Å². The Kier molecular flexibility index (Phi) is 4.40. The summed E-state index contributed by atoms with van der Waals surface area (Å²) in [5.41, 5.74) is 0.864. The lowest BCUT2D eigenvalue weighted by atomic mass is 9.69. The van der Waals surface area contributed by atoms with Crippen molar-refractivity contribution >= 4 is 39.1 Å². The molecular weight excluding hydrogens is 323 g/mol. The third-order valence-electron chi connectivity index (χ3n) is 3.72. The molecule has 2 atom stereocenters. The van der Waals surface area contributed by atoms with Gasteiger partial charge in [-0.15, -0.1) is 0 Å². The van der Waals surface area contributed by atoms with Gasteiger partial charge in [0.05, 0.1) is 16.1 Å². The summed E-state index contributed by atoms with van der Waals surface area (Å²) in [6, 6.07) is 5.68. The van der Waals surface area contributed by atoms with E-state index in [9.17, 15) is 5.11 Å². The van der Waals surface area contributed by atoms with Crippen LogP contribution >= 0.6 is 39.1 Å². The van der Waals surface area contributed by atoms with Crippen molar-refractivity contribution in [2.45, 2.75) is 37.2 Å². The highest BCUT2D eigenvalue weighted by molar-refractivity contribution is 9.09. The first-order valence-electron chi connectivity index (χ1n) is 5.80. The first kappa shape index (κ1) is 13.7. The van der Waals surface area contributed by atoms with E-state index in [0.717, 1.165) is 36.6 Å². The van der Waals surface area contributed by atoms with Gasteiger partial charge in [0.1, 0.15) is 0 Å². The molecule has 1 N–H and O–H groups in total. The maximum absolute atomic E-state index is 10.3. The van der Waals surface area contributed by atoms with Gasteiger partial charge in [0, 0.05) is 10.7 Å². The fourth-order valence-electron chi connectivity index (χ4n) is 2.60. The van der Waals surface area contributed by atoms with E-state index in [-0.39, 0.29) is 11.5 Å². The molecule has 0 spiro atoms. The molecule has 0 heterocycles. The Balaban J connectivity index is 2.42. The Morgan fingerprint density at radius 1 is 1.29 bits per heavy atom. The molecule has 1 nitrogen and oxygen atoms in total. The topological polar surface area (TPSA) is 20.2 Å². The molecule has 94 valence electrons. The second-order valence-corrected chi connectivity index (χ2v) is 6.06. The summed E-state index contributed by atoms with van der Waals surface area (Å²) in [5.74, 6) is 0. The van der Waals surface area contributed by atoms with Crippen molar-refractivity contribution < 1.29 is 5.11 Å². The van der Waals surface area contributed by atoms with E-state index in [1.165, 1.54) is 0 Å². The van der Waals surface area contributed by atoms with Crippen LogP contribution in [0.4, 0.5) is 0 Å². The van der Waals surface area contributed by atoms with E-state index in [0.29, 0.717) is 10.0 Å². The van der Waals surface area contributed by atoms with E-state index < -0.39 is 0 Å². The predicted octanol–water partition coefficient (Wildman–Crippen LogP) is 4.56. The molecule has 1 aliphatic rings. The van der Waals surface area contributed by atoms with Crippen LogP contribution in [0, 0.1) is 0 Å². The van der Waals surface area contributed by atoms with Gasteiger partial charge in [-0.3, -0.25) is 0 Å². The van der Waals surface area contributed by atoms with Crippen LogP contribution in [0.2, 0.25) is 10.0 Å². The average Bonchev–Trinajstić information content (AvgIpc) is 2.34. The summed E-state index contributed by atoms with van der Waals surface area (Å²) in [6.45, 7) is 0. The molecule has 0 amide bonds. The van der Waals surface area contributed by atoms with Gasteiger partial charge >= 0.3 is 0 Å². The highest BCUT2D eigenvalue weighted by Gasteiger charge is 2.40. The number of hydrogen-bond donors (Lipinski definition) is 1. The van der Waals surface area contributed by atoms with Gasteiger partial charge in [0.15, 0.2) is 0 Å². The van der Waals surface area contributed by atoms with Crippen LogP contribution < -0.4 is 0 Å². The van der Waals surface area contributed by atoms with E-state index in [4.69, 9.17) is 23.2 Å². The average molecular weight is 338 g/mol. The van der Waals surface area contributed by atoms with Crippen molar-refractivity contribution in [1.82, 2.24) is 0 Å². The first-order chi connectivity index (χ1) is 8.10. The normalized spacial score (nSPS) is 29.3. The van der Waals surface area contributed by atoms with Crippen LogP contribution in [0.15, 0.2) is 18.2 Å². The lowest BCUT2D eigenvalue weighted by Crippen LogP contribution is -2.43. The summed E-state index contributed by atoms with van der Waals surface area (Å²) >= 11 is 15.6. The molecule has 1 aliphatic carbocycles. The Hall–Kier alpha value is 0.240. The van der Waals surface area contributed by atoms with E-state index in [1.54, 1.807) is 0 Å². The van der Waals surface area contributed by atoms with Gasteiger partial charge in [-0.1, -0.05) is 58.0 Å². The molecule has 0 unspecified atom stereocenters. The lowest BCUT2D eigenvalue weighted by Gasteiger charge is -2.41. The molecule has 1 aromatic rings. The van der Waals surface area contributed by atoms with Crippen molar-refractivity contribution in [3.8, 4) is 0 Å². The molecule has 2 rings (SSSR count). The Morgan fingerprint density at radius 3 is 2.65 bits per heavy atom. The maximum Gasteiger partial charge on any atom is 0.0644 e. The summed E-state index contributed by atoms with van der Waals surface area (Å²) < 4.78 is 0. The maximum atomic E-state index is 10.3. The number of rotatable bonds is 2. The zero-order valence-electron chi connectivity index (χ0n) is 9.43. The van der Waals surface area contributed by atoms with Gasteiger partial charge < -0.3 is 5.11 Å². The Bertz CT molecular complexity index is 410. The highest BCUT2D eigenvalue weighted by Crippen LogP contribution is 2.42. The monoisotopic (exact) mass is 336 g/mol. The molecular formula is C13H15BrCl2O. The summed E-state index contributed by atoms with van der Waals surface area (Å²) in [4.78, 5) is 0. The zero-order chi connectivity index (χ0) is 12.5. The standard InChI is InChI=1S/C13H15BrCl2O/c14-8-13(6-2-1-3-12(13)17)9-4-5-10(15)11(16)7-9/h4-5,7,12,17H,1-3,6,8H2/t12-,13-/m0/s1. The molecule has 4 heteroatoms. The minimum absolute atomic E-state index is 0.216. The SMILES string of the molecule is O[C@H]1CCCC[C@]1(CBr)c1ccc(Cl)c(Cl)c1. The summed E-state index contributed by atoms with van der Waals surface area (Å²) in [6.07, 6.45) is 3.76. The summed E-state index contributed by atoms with van der Waals surface area (Å²) in [5, 5.41) is 12.2. The fourth-order valence-corrected chi connectivity index (χ4v) is 3.87. The van der Waals surface area contributed by atoms with Gasteiger partial charge in [-0.25, -0.2) is 0 Å². The Morgan fingerprint density at radius 2 is 2.06 bits per heavy atom. The lowest BCUT2D eigenvalue weighted by molar-refractivity contribution is 0.0555. The van der Waals surface area contributed by atoms with Crippen molar-refractivity contribution in [2.75, 3.05) is 5.33 Å². The molecule has 0 bridgehead atoms. The molecule has 0 aliphatic heterocycles. The number of hydrogen-bond acceptors (Lipinski definition) is 1. The van der Waals surface area contributed by atoms with E-state index >= 15 is 0 Å². The largest absolute Gasteiger partial charge is 0.392 e. The molecule has 1 fully saturated rings. The number of alkyl halides is 1. The van der Waals surface area contributed by atoms with E-state index in [1.807, 2.05) is 18.2 Å². The number of aliphatic hydroxyl groups is 1. The third kappa shape index (κ3) is 2.51. The molecule has 17 heavy (non-hydrogen) atoms. The van der Waals surface area contributed by atoms with Crippen LogP contribution in [0.1, 0.15) is 31.2 Å². The van der Waals surface area contributed by atoms with Gasteiger partial charge in [-0.05, 0) is 30.5 Å². The second-order valence-electron chi connectivity index (χ2n) is 4.68. The van der Waals surface area contributed by atoms with Crippen molar-refractivity contribution in [3.63, 3.8) is 0 Å². The fraction of sp³-hybridized carbons (Fsp3) is 0.538.